The van der Waals surface area contributed by atoms with Crippen LogP contribution in [0.1, 0.15) is 52.0 Å². The summed E-state index contributed by atoms with van der Waals surface area (Å²) in [5.74, 6) is 0.397. The molecule has 1 aliphatic rings. The molecule has 1 amide bonds. The maximum atomic E-state index is 12.8. The lowest BCUT2D eigenvalue weighted by Crippen LogP contribution is -2.42. The lowest BCUT2D eigenvalue weighted by atomic mass is 9.93. The van der Waals surface area contributed by atoms with Crippen molar-refractivity contribution in [3.05, 3.63) is 28.2 Å². The molecule has 0 heterocycles. The zero-order valence-electron chi connectivity index (χ0n) is 15.0. The van der Waals surface area contributed by atoms with E-state index in [2.05, 4.69) is 21.2 Å². The highest BCUT2D eigenvalue weighted by Gasteiger charge is 2.33. The molecule has 4 nitrogen and oxygen atoms in total. The fourth-order valence-corrected chi connectivity index (χ4v) is 3.37. The van der Waals surface area contributed by atoms with Crippen molar-refractivity contribution in [1.29, 1.82) is 0 Å². The third kappa shape index (κ3) is 6.37. The highest BCUT2D eigenvalue weighted by molar-refractivity contribution is 9.10. The van der Waals surface area contributed by atoms with Crippen molar-refractivity contribution in [1.82, 2.24) is 5.32 Å². The molecule has 26 heavy (non-hydrogen) atoms. The largest absolute Gasteiger partial charge is 0.490 e. The van der Waals surface area contributed by atoms with Crippen molar-refractivity contribution in [3.63, 3.8) is 0 Å². The first-order chi connectivity index (χ1) is 11.9. The first-order valence-electron chi connectivity index (χ1n) is 8.47. The Hall–Kier alpha value is -1.44. The molecule has 1 aliphatic carbocycles. The van der Waals surface area contributed by atoms with Crippen molar-refractivity contribution < 1.29 is 27.4 Å². The zero-order valence-corrected chi connectivity index (χ0v) is 16.5. The van der Waals surface area contributed by atoms with Gasteiger partial charge in [0, 0.05) is 10.5 Å². The van der Waals surface area contributed by atoms with Gasteiger partial charge in [0.25, 0.3) is 0 Å². The Labute approximate surface area is 159 Å². The Kier molecular flexibility index (Phi) is 6.47. The van der Waals surface area contributed by atoms with Crippen molar-refractivity contribution in [3.8, 4) is 5.75 Å². The van der Waals surface area contributed by atoms with Crippen LogP contribution in [0, 0.1) is 0 Å². The minimum Gasteiger partial charge on any atom is -0.490 e. The molecular weight excluding hydrogens is 415 g/mol. The number of hydrogen-bond acceptors (Lipinski definition) is 3. The topological polar surface area (TPSA) is 47.6 Å². The molecule has 1 N–H and O–H groups in total. The van der Waals surface area contributed by atoms with Crippen molar-refractivity contribution in [2.24, 2.45) is 0 Å². The van der Waals surface area contributed by atoms with Gasteiger partial charge in [-0.25, -0.2) is 4.79 Å². The van der Waals surface area contributed by atoms with Crippen LogP contribution in [-0.2, 0) is 10.9 Å². The number of nitrogens with one attached hydrogen (secondary N) is 1. The molecule has 0 radical (unpaired) electrons. The highest BCUT2D eigenvalue weighted by atomic mass is 79.9. The molecule has 2 rings (SSSR count). The lowest BCUT2D eigenvalue weighted by Gasteiger charge is -2.30. The summed E-state index contributed by atoms with van der Waals surface area (Å²) in [6, 6.07) is 3.70. The molecule has 146 valence electrons. The van der Waals surface area contributed by atoms with E-state index in [-0.39, 0.29) is 16.6 Å². The number of halogens is 4. The van der Waals surface area contributed by atoms with Crippen molar-refractivity contribution in [2.75, 3.05) is 0 Å². The fourth-order valence-electron chi connectivity index (χ4n) is 2.79. The van der Waals surface area contributed by atoms with Gasteiger partial charge < -0.3 is 14.8 Å². The van der Waals surface area contributed by atoms with E-state index in [1.165, 1.54) is 12.1 Å². The SMILES string of the molecule is CC(C)(C)OC(=O)NC1CCC(Oc2ccc(C(F)(F)F)c(Br)c2)CC1. The predicted molar refractivity (Wildman–Crippen MR) is 95.2 cm³/mol. The Morgan fingerprint density at radius 2 is 1.77 bits per heavy atom. The van der Waals surface area contributed by atoms with Gasteiger partial charge in [0.2, 0.25) is 0 Å². The molecule has 0 spiro atoms. The van der Waals surface area contributed by atoms with Crippen LogP contribution in [0.25, 0.3) is 0 Å². The molecular formula is C18H23BrF3NO3. The second-order valence-corrected chi connectivity index (χ2v) is 8.23. The monoisotopic (exact) mass is 437 g/mol. The smallest absolute Gasteiger partial charge is 0.417 e. The standard InChI is InChI=1S/C18H23BrF3NO3/c1-17(2,3)26-16(24)23-11-4-6-12(7-5-11)25-13-8-9-14(15(19)10-13)18(20,21)22/h8-12H,4-7H2,1-3H3,(H,23,24). The van der Waals surface area contributed by atoms with Gasteiger partial charge in [-0.2, -0.15) is 13.2 Å². The van der Waals surface area contributed by atoms with E-state index in [9.17, 15) is 18.0 Å². The van der Waals surface area contributed by atoms with Gasteiger partial charge in [-0.1, -0.05) is 15.9 Å². The number of amides is 1. The minimum atomic E-state index is -4.40. The normalized spacial score (nSPS) is 21.2. The van der Waals surface area contributed by atoms with Crippen LogP contribution in [0.3, 0.4) is 0 Å². The third-order valence-corrected chi connectivity index (χ3v) is 4.60. The minimum absolute atomic E-state index is 0.0176. The van der Waals surface area contributed by atoms with Gasteiger partial charge >= 0.3 is 12.3 Å². The highest BCUT2D eigenvalue weighted by Crippen LogP contribution is 2.37. The molecule has 0 atom stereocenters. The molecule has 8 heteroatoms. The Balaban J connectivity index is 1.84. The van der Waals surface area contributed by atoms with Gasteiger partial charge in [0.1, 0.15) is 11.4 Å². The molecule has 0 aliphatic heterocycles. The number of carbonyl (C=O) groups is 1. The van der Waals surface area contributed by atoms with E-state index in [1.807, 2.05) is 0 Å². The molecule has 0 aromatic heterocycles. The van der Waals surface area contributed by atoms with Crippen LogP contribution < -0.4 is 10.1 Å². The summed E-state index contributed by atoms with van der Waals surface area (Å²) < 4.78 is 49.3. The van der Waals surface area contributed by atoms with E-state index < -0.39 is 23.4 Å². The molecule has 0 saturated heterocycles. The molecule has 0 unspecified atom stereocenters. The van der Waals surface area contributed by atoms with Gasteiger partial charge in [-0.05, 0) is 64.7 Å². The lowest BCUT2D eigenvalue weighted by molar-refractivity contribution is -0.138. The van der Waals surface area contributed by atoms with Crippen LogP contribution in [0.2, 0.25) is 0 Å². The molecule has 0 bridgehead atoms. The number of ether oxygens (including phenoxy) is 2. The summed E-state index contributed by atoms with van der Waals surface area (Å²) in [5, 5.41) is 2.84. The van der Waals surface area contributed by atoms with E-state index in [0.717, 1.165) is 18.9 Å². The van der Waals surface area contributed by atoms with Crippen LogP contribution >= 0.6 is 15.9 Å². The zero-order chi connectivity index (χ0) is 19.5. The average Bonchev–Trinajstić information content (AvgIpc) is 2.46. The molecule has 1 aromatic carbocycles. The van der Waals surface area contributed by atoms with Gasteiger partial charge in [0.05, 0.1) is 11.7 Å². The van der Waals surface area contributed by atoms with Crippen molar-refractivity contribution in [2.45, 2.75) is 70.4 Å². The van der Waals surface area contributed by atoms with Crippen molar-refractivity contribution >= 4 is 22.0 Å². The Bertz CT molecular complexity index is 636. The summed E-state index contributed by atoms with van der Waals surface area (Å²) in [4.78, 5) is 11.8. The summed E-state index contributed by atoms with van der Waals surface area (Å²) in [7, 11) is 0. The summed E-state index contributed by atoms with van der Waals surface area (Å²) >= 11 is 2.95. The van der Waals surface area contributed by atoms with Crippen LogP contribution in [0.15, 0.2) is 22.7 Å². The number of hydrogen-bond donors (Lipinski definition) is 1. The molecule has 1 fully saturated rings. The Morgan fingerprint density at radius 1 is 1.15 bits per heavy atom. The number of alkyl carbamates (subject to hydrolysis) is 1. The first kappa shape index (κ1) is 20.9. The van der Waals surface area contributed by atoms with Gasteiger partial charge in [0.15, 0.2) is 0 Å². The van der Waals surface area contributed by atoms with Crippen LogP contribution in [0.4, 0.5) is 18.0 Å². The first-order valence-corrected chi connectivity index (χ1v) is 9.26. The van der Waals surface area contributed by atoms with Crippen LogP contribution in [-0.4, -0.2) is 23.8 Å². The number of carbonyl (C=O) groups excluding carboxylic acids is 1. The maximum absolute atomic E-state index is 12.8. The van der Waals surface area contributed by atoms with Crippen LogP contribution in [0.5, 0.6) is 5.75 Å². The second-order valence-electron chi connectivity index (χ2n) is 7.38. The number of benzene rings is 1. The van der Waals surface area contributed by atoms with Gasteiger partial charge in [-0.15, -0.1) is 0 Å². The van der Waals surface area contributed by atoms with E-state index in [4.69, 9.17) is 9.47 Å². The summed E-state index contributed by atoms with van der Waals surface area (Å²) in [5.41, 5.74) is -1.27. The van der Waals surface area contributed by atoms with Gasteiger partial charge in [-0.3, -0.25) is 0 Å². The maximum Gasteiger partial charge on any atom is 0.417 e. The number of alkyl halides is 3. The fraction of sp³-hybridized carbons (Fsp3) is 0.611. The second kappa shape index (κ2) is 8.06. The summed E-state index contributed by atoms with van der Waals surface area (Å²) in [6.45, 7) is 5.42. The number of rotatable bonds is 3. The predicted octanol–water partition coefficient (Wildman–Crippen LogP) is 5.68. The Morgan fingerprint density at radius 3 is 2.27 bits per heavy atom. The molecule has 1 saturated carbocycles. The van der Waals surface area contributed by atoms with E-state index in [0.29, 0.717) is 18.6 Å². The van der Waals surface area contributed by atoms with E-state index in [1.54, 1.807) is 20.8 Å². The van der Waals surface area contributed by atoms with E-state index >= 15 is 0 Å². The summed E-state index contributed by atoms with van der Waals surface area (Å²) in [6.07, 6.45) is -2.05. The average molecular weight is 438 g/mol. The molecule has 1 aromatic rings. The third-order valence-electron chi connectivity index (χ3n) is 3.94. The quantitative estimate of drug-likeness (QED) is 0.661.